The van der Waals surface area contributed by atoms with Crippen LogP contribution in [0.4, 0.5) is 26.3 Å². The minimum absolute atomic E-state index is 0.0523. The van der Waals surface area contributed by atoms with Crippen molar-refractivity contribution in [2.45, 2.75) is 43.9 Å². The Morgan fingerprint density at radius 1 is 0.952 bits per heavy atom. The van der Waals surface area contributed by atoms with Gasteiger partial charge in [0.1, 0.15) is 0 Å². The summed E-state index contributed by atoms with van der Waals surface area (Å²) >= 11 is 2.64. The van der Waals surface area contributed by atoms with Crippen molar-refractivity contribution in [1.29, 1.82) is 0 Å². The van der Waals surface area contributed by atoms with Crippen molar-refractivity contribution >= 4 is 15.9 Å². The molecule has 1 unspecified atom stereocenters. The van der Waals surface area contributed by atoms with Crippen molar-refractivity contribution in [3.05, 3.63) is 34.9 Å². The lowest BCUT2D eigenvalue weighted by Crippen LogP contribution is -2.39. The molecule has 0 amide bonds. The molecule has 0 saturated heterocycles. The van der Waals surface area contributed by atoms with E-state index < -0.39 is 23.1 Å². The van der Waals surface area contributed by atoms with Crippen LogP contribution in [0.2, 0.25) is 0 Å². The first kappa shape index (κ1) is 18.3. The van der Waals surface area contributed by atoms with E-state index in [-0.39, 0.29) is 5.56 Å². The first-order chi connectivity index (χ1) is 9.52. The average molecular weight is 377 g/mol. The van der Waals surface area contributed by atoms with E-state index in [9.17, 15) is 26.3 Å². The van der Waals surface area contributed by atoms with Crippen LogP contribution in [-0.4, -0.2) is 12.4 Å². The van der Waals surface area contributed by atoms with E-state index in [0.717, 1.165) is 0 Å². The second kappa shape index (κ2) is 6.58. The SMILES string of the molecule is CCc1ccc(CC)c(C(Br)C(C(F)(F)F)C(F)(F)F)c1. The van der Waals surface area contributed by atoms with Gasteiger partial charge in [0.2, 0.25) is 0 Å². The highest BCUT2D eigenvalue weighted by Crippen LogP contribution is 2.50. The van der Waals surface area contributed by atoms with Crippen molar-refractivity contribution in [3.63, 3.8) is 0 Å². The summed E-state index contributed by atoms with van der Waals surface area (Å²) in [6.07, 6.45) is -9.82. The predicted molar refractivity (Wildman–Crippen MR) is 72.5 cm³/mol. The van der Waals surface area contributed by atoms with Crippen molar-refractivity contribution in [2.75, 3.05) is 0 Å². The lowest BCUT2D eigenvalue weighted by Gasteiger charge is -2.28. The normalized spacial score (nSPS) is 14.6. The molecule has 0 saturated carbocycles. The number of alkyl halides is 7. The number of rotatable bonds is 4. The molecule has 21 heavy (non-hydrogen) atoms. The van der Waals surface area contributed by atoms with Crippen LogP contribution in [0.15, 0.2) is 18.2 Å². The highest BCUT2D eigenvalue weighted by atomic mass is 79.9. The number of hydrogen-bond acceptors (Lipinski definition) is 0. The Kier molecular flexibility index (Phi) is 5.75. The largest absolute Gasteiger partial charge is 0.401 e. The topological polar surface area (TPSA) is 0 Å². The van der Waals surface area contributed by atoms with Crippen LogP contribution in [0.25, 0.3) is 0 Å². The lowest BCUT2D eigenvalue weighted by atomic mass is 9.91. The molecule has 0 aliphatic heterocycles. The van der Waals surface area contributed by atoms with E-state index >= 15 is 0 Å². The van der Waals surface area contributed by atoms with Crippen LogP contribution in [0.3, 0.4) is 0 Å². The lowest BCUT2D eigenvalue weighted by molar-refractivity contribution is -0.283. The maximum Gasteiger partial charge on any atom is 0.401 e. The van der Waals surface area contributed by atoms with Gasteiger partial charge in [-0.2, -0.15) is 26.3 Å². The summed E-state index contributed by atoms with van der Waals surface area (Å²) < 4.78 is 76.9. The second-order valence-corrected chi connectivity index (χ2v) is 5.69. The molecule has 0 radical (unpaired) electrons. The zero-order chi connectivity index (χ0) is 16.4. The van der Waals surface area contributed by atoms with Crippen LogP contribution in [0.1, 0.15) is 35.4 Å². The molecule has 0 N–H and O–H groups in total. The van der Waals surface area contributed by atoms with Gasteiger partial charge in [0.25, 0.3) is 0 Å². The van der Waals surface area contributed by atoms with E-state index in [2.05, 4.69) is 15.9 Å². The smallest absolute Gasteiger partial charge is 0.170 e. The molecule has 0 spiro atoms. The number of hydrogen-bond donors (Lipinski definition) is 0. The van der Waals surface area contributed by atoms with Gasteiger partial charge in [0, 0.05) is 0 Å². The summed E-state index contributed by atoms with van der Waals surface area (Å²) in [5.41, 5.74) is 1.24. The zero-order valence-corrected chi connectivity index (χ0v) is 13.0. The average Bonchev–Trinajstić information content (AvgIpc) is 2.34. The minimum Gasteiger partial charge on any atom is -0.170 e. The molecule has 0 aliphatic carbocycles. The Balaban J connectivity index is 3.35. The third-order valence-electron chi connectivity index (χ3n) is 3.29. The van der Waals surface area contributed by atoms with Crippen LogP contribution in [-0.2, 0) is 12.8 Å². The van der Waals surface area contributed by atoms with Crippen LogP contribution < -0.4 is 0 Å². The van der Waals surface area contributed by atoms with Gasteiger partial charge in [-0.25, -0.2) is 0 Å². The molecule has 1 aromatic rings. The molecule has 0 aromatic heterocycles. The van der Waals surface area contributed by atoms with Gasteiger partial charge in [-0.1, -0.05) is 48.0 Å². The Morgan fingerprint density at radius 2 is 1.48 bits per heavy atom. The molecule has 0 aliphatic rings. The van der Waals surface area contributed by atoms with Gasteiger partial charge in [-0.3, -0.25) is 0 Å². The predicted octanol–water partition coefficient (Wildman–Crippen LogP) is 5.99. The monoisotopic (exact) mass is 376 g/mol. The van der Waals surface area contributed by atoms with Gasteiger partial charge in [0.15, 0.2) is 5.92 Å². The summed E-state index contributed by atoms with van der Waals surface area (Å²) in [6.45, 7) is 3.49. The van der Waals surface area contributed by atoms with Gasteiger partial charge in [-0.05, 0) is 29.5 Å². The molecule has 7 heteroatoms. The van der Waals surface area contributed by atoms with Gasteiger partial charge in [0.05, 0.1) is 4.83 Å². The molecule has 1 atom stereocenters. The third kappa shape index (κ3) is 4.37. The Morgan fingerprint density at radius 3 is 1.86 bits per heavy atom. The molecule has 1 rings (SSSR count). The van der Waals surface area contributed by atoms with Crippen molar-refractivity contribution in [1.82, 2.24) is 0 Å². The fourth-order valence-corrected chi connectivity index (χ4v) is 3.17. The fraction of sp³-hybridized carbons (Fsp3) is 0.571. The highest BCUT2D eigenvalue weighted by Gasteiger charge is 2.60. The van der Waals surface area contributed by atoms with E-state index in [1.54, 1.807) is 26.0 Å². The van der Waals surface area contributed by atoms with E-state index in [1.807, 2.05) is 0 Å². The Bertz CT molecular complexity index is 463. The molecule has 120 valence electrons. The zero-order valence-electron chi connectivity index (χ0n) is 11.4. The first-order valence-corrected chi connectivity index (χ1v) is 7.33. The van der Waals surface area contributed by atoms with Crippen LogP contribution in [0, 0.1) is 5.92 Å². The minimum atomic E-state index is -5.36. The standard InChI is InChI=1S/C14H15BrF6/c1-3-8-5-6-9(4-2)10(7-8)11(15)12(13(16,17)18)14(19,20)21/h5-7,11-12H,3-4H2,1-2H3. The summed E-state index contributed by atoms with van der Waals surface area (Å²) in [6, 6.07) is 4.73. The number of benzene rings is 1. The van der Waals surface area contributed by atoms with E-state index in [1.165, 1.54) is 6.07 Å². The molecule has 0 bridgehead atoms. The molecule has 0 heterocycles. The summed E-state index contributed by atoms with van der Waals surface area (Å²) in [5, 5.41) is 0. The maximum atomic E-state index is 12.8. The van der Waals surface area contributed by atoms with Crippen LogP contribution in [0.5, 0.6) is 0 Å². The van der Waals surface area contributed by atoms with E-state index in [0.29, 0.717) is 24.0 Å². The molecule has 0 fully saturated rings. The van der Waals surface area contributed by atoms with Crippen LogP contribution >= 0.6 is 15.9 Å². The number of halogens is 7. The van der Waals surface area contributed by atoms with Crippen molar-refractivity contribution < 1.29 is 26.3 Å². The molecule has 1 aromatic carbocycles. The highest BCUT2D eigenvalue weighted by molar-refractivity contribution is 9.09. The van der Waals surface area contributed by atoms with Gasteiger partial charge >= 0.3 is 12.4 Å². The third-order valence-corrected chi connectivity index (χ3v) is 4.32. The molecular weight excluding hydrogens is 362 g/mol. The quantitative estimate of drug-likeness (QED) is 0.447. The Labute approximate surface area is 127 Å². The number of aryl methyl sites for hydroxylation is 2. The summed E-state index contributed by atoms with van der Waals surface area (Å²) in [4.78, 5) is -1.85. The van der Waals surface area contributed by atoms with Crippen molar-refractivity contribution in [3.8, 4) is 0 Å². The second-order valence-electron chi connectivity index (χ2n) is 4.70. The summed E-state index contributed by atoms with van der Waals surface area (Å²) in [5.74, 6) is -3.43. The molecular formula is C14H15BrF6. The summed E-state index contributed by atoms with van der Waals surface area (Å²) in [7, 11) is 0. The maximum absolute atomic E-state index is 12.8. The molecule has 0 nitrogen and oxygen atoms in total. The fourth-order valence-electron chi connectivity index (χ4n) is 2.14. The van der Waals surface area contributed by atoms with E-state index in [4.69, 9.17) is 0 Å². The Hall–Kier alpha value is -0.720. The first-order valence-electron chi connectivity index (χ1n) is 6.41. The van der Waals surface area contributed by atoms with Gasteiger partial charge in [-0.15, -0.1) is 0 Å². The van der Waals surface area contributed by atoms with Crippen molar-refractivity contribution in [2.24, 2.45) is 5.92 Å². The van der Waals surface area contributed by atoms with Gasteiger partial charge < -0.3 is 0 Å².